The van der Waals surface area contributed by atoms with Gasteiger partial charge in [0.2, 0.25) is 0 Å². The molecule has 2 rings (SSSR count). The van der Waals surface area contributed by atoms with Gasteiger partial charge in [-0.05, 0) is 37.3 Å². The zero-order valence-corrected chi connectivity index (χ0v) is 11.9. The maximum Gasteiger partial charge on any atom is 0.128 e. The van der Waals surface area contributed by atoms with Crippen LogP contribution < -0.4 is 17.0 Å². The van der Waals surface area contributed by atoms with Gasteiger partial charge in [0.1, 0.15) is 5.82 Å². The Labute approximate surface area is 115 Å². The van der Waals surface area contributed by atoms with E-state index in [1.54, 1.807) is 6.20 Å². The van der Waals surface area contributed by atoms with Gasteiger partial charge in [0.05, 0.1) is 6.04 Å². The maximum absolute atomic E-state index is 6.07. The highest BCUT2D eigenvalue weighted by Gasteiger charge is 2.26. The first-order valence-electron chi connectivity index (χ1n) is 7.41. The van der Waals surface area contributed by atoms with Crippen molar-refractivity contribution in [2.24, 2.45) is 11.8 Å². The van der Waals surface area contributed by atoms with E-state index in [2.05, 4.69) is 17.3 Å². The van der Waals surface area contributed by atoms with E-state index in [9.17, 15) is 0 Å². The van der Waals surface area contributed by atoms with Crippen LogP contribution in [0.25, 0.3) is 0 Å². The number of pyridine rings is 1. The number of nitrogens with zero attached hydrogens (tertiary/aromatic N) is 1. The third kappa shape index (κ3) is 3.45. The molecule has 19 heavy (non-hydrogen) atoms. The summed E-state index contributed by atoms with van der Waals surface area (Å²) in [7, 11) is 0. The van der Waals surface area contributed by atoms with Crippen molar-refractivity contribution in [3.63, 3.8) is 0 Å². The summed E-state index contributed by atoms with van der Waals surface area (Å²) >= 11 is 0. The predicted octanol–water partition coefficient (Wildman–Crippen LogP) is 2.84. The molecule has 1 atom stereocenters. The van der Waals surface area contributed by atoms with Gasteiger partial charge in [-0.1, -0.05) is 32.1 Å². The molecule has 0 spiro atoms. The van der Waals surface area contributed by atoms with E-state index in [-0.39, 0.29) is 6.04 Å². The van der Waals surface area contributed by atoms with Crippen LogP contribution in [0.5, 0.6) is 0 Å². The van der Waals surface area contributed by atoms with Gasteiger partial charge in [-0.25, -0.2) is 4.98 Å². The Morgan fingerprint density at radius 2 is 1.84 bits per heavy atom. The first-order chi connectivity index (χ1) is 9.24. The number of aromatic nitrogens is 1. The summed E-state index contributed by atoms with van der Waals surface area (Å²) in [4.78, 5) is 4.23. The molecule has 1 aliphatic rings. The van der Waals surface area contributed by atoms with E-state index >= 15 is 0 Å². The fourth-order valence-corrected chi connectivity index (χ4v) is 3.27. The van der Waals surface area contributed by atoms with Crippen molar-refractivity contribution in [2.45, 2.75) is 57.9 Å². The highest BCUT2D eigenvalue weighted by atomic mass is 15.2. The molecular weight excluding hydrogens is 236 g/mol. The maximum atomic E-state index is 6.07. The summed E-state index contributed by atoms with van der Waals surface area (Å²) in [5, 5.41) is 0. The summed E-state index contributed by atoms with van der Waals surface area (Å²) in [5.74, 6) is 7.01. The molecular formula is C15H26N4. The minimum Gasteiger partial charge on any atom is -0.383 e. The number of nitrogens with two attached hydrogens (primary N) is 2. The summed E-state index contributed by atoms with van der Waals surface area (Å²) < 4.78 is 0. The summed E-state index contributed by atoms with van der Waals surface area (Å²) in [5.41, 5.74) is 11.3. The lowest BCUT2D eigenvalue weighted by Gasteiger charge is -2.30. The second-order valence-electron chi connectivity index (χ2n) is 5.68. The van der Waals surface area contributed by atoms with Crippen molar-refractivity contribution in [2.75, 3.05) is 5.73 Å². The number of hydrogen-bond acceptors (Lipinski definition) is 4. The molecule has 5 N–H and O–H groups in total. The largest absolute Gasteiger partial charge is 0.383 e. The van der Waals surface area contributed by atoms with Crippen molar-refractivity contribution in [3.05, 3.63) is 23.4 Å². The van der Waals surface area contributed by atoms with Crippen molar-refractivity contribution in [1.82, 2.24) is 10.4 Å². The van der Waals surface area contributed by atoms with E-state index in [0.29, 0.717) is 11.7 Å². The SMILES string of the molecule is Cc1ccnc(N)c1C(NN)C1CCCCCCC1. The molecule has 1 aromatic heterocycles. The van der Waals surface area contributed by atoms with Gasteiger partial charge in [-0.2, -0.15) is 0 Å². The van der Waals surface area contributed by atoms with Gasteiger partial charge in [-0.3, -0.25) is 11.3 Å². The number of nitrogen functional groups attached to an aromatic ring is 1. The van der Waals surface area contributed by atoms with E-state index in [1.165, 1.54) is 50.5 Å². The summed E-state index contributed by atoms with van der Waals surface area (Å²) in [6.07, 6.45) is 10.9. The molecule has 0 radical (unpaired) electrons. The number of anilines is 1. The third-order valence-electron chi connectivity index (χ3n) is 4.35. The van der Waals surface area contributed by atoms with Crippen LogP contribution >= 0.6 is 0 Å². The van der Waals surface area contributed by atoms with Crippen molar-refractivity contribution in [1.29, 1.82) is 0 Å². The molecule has 1 saturated carbocycles. The van der Waals surface area contributed by atoms with E-state index in [1.807, 2.05) is 6.07 Å². The number of nitrogens with one attached hydrogen (secondary N) is 1. The topological polar surface area (TPSA) is 77.0 Å². The summed E-state index contributed by atoms with van der Waals surface area (Å²) in [6.45, 7) is 2.08. The van der Waals surface area contributed by atoms with Crippen LogP contribution in [0.15, 0.2) is 12.3 Å². The first-order valence-corrected chi connectivity index (χ1v) is 7.41. The van der Waals surface area contributed by atoms with Crippen LogP contribution in [-0.4, -0.2) is 4.98 Å². The quantitative estimate of drug-likeness (QED) is 0.578. The minimum absolute atomic E-state index is 0.131. The van der Waals surface area contributed by atoms with Crippen LogP contribution in [0.1, 0.15) is 62.1 Å². The summed E-state index contributed by atoms with van der Waals surface area (Å²) in [6, 6.07) is 2.14. The molecule has 4 heteroatoms. The van der Waals surface area contributed by atoms with E-state index in [0.717, 1.165) is 5.56 Å². The van der Waals surface area contributed by atoms with Crippen molar-refractivity contribution in [3.8, 4) is 0 Å². The van der Waals surface area contributed by atoms with Crippen LogP contribution in [0, 0.1) is 12.8 Å². The van der Waals surface area contributed by atoms with Crippen molar-refractivity contribution >= 4 is 5.82 Å². The molecule has 1 aliphatic carbocycles. The van der Waals surface area contributed by atoms with Crippen LogP contribution in [-0.2, 0) is 0 Å². The molecule has 1 heterocycles. The number of hydrogen-bond donors (Lipinski definition) is 3. The number of aryl methyl sites for hydroxylation is 1. The van der Waals surface area contributed by atoms with Gasteiger partial charge in [0, 0.05) is 11.8 Å². The Hall–Kier alpha value is -1.13. The van der Waals surface area contributed by atoms with E-state index in [4.69, 9.17) is 11.6 Å². The molecule has 1 aromatic rings. The molecule has 1 unspecified atom stereocenters. The normalized spacial score (nSPS) is 19.7. The van der Waals surface area contributed by atoms with E-state index < -0.39 is 0 Å². The zero-order valence-electron chi connectivity index (χ0n) is 11.9. The standard InChI is InChI=1S/C15H26N4/c1-11-9-10-18-15(16)13(11)14(19-17)12-7-5-3-2-4-6-8-12/h9-10,12,14,19H,2-8,17H2,1H3,(H2,16,18). The molecule has 0 aliphatic heterocycles. The second kappa shape index (κ2) is 6.87. The Balaban J connectivity index is 2.22. The lowest BCUT2D eigenvalue weighted by atomic mass is 9.82. The Kier molecular flexibility index (Phi) is 5.16. The lowest BCUT2D eigenvalue weighted by molar-refractivity contribution is 0.290. The van der Waals surface area contributed by atoms with Crippen LogP contribution in [0.4, 0.5) is 5.82 Å². The average Bonchev–Trinajstić information content (AvgIpc) is 2.35. The van der Waals surface area contributed by atoms with Gasteiger partial charge in [0.25, 0.3) is 0 Å². The molecule has 106 valence electrons. The number of hydrazine groups is 1. The van der Waals surface area contributed by atoms with Gasteiger partial charge < -0.3 is 5.73 Å². The Bertz CT molecular complexity index is 377. The molecule has 0 saturated heterocycles. The second-order valence-corrected chi connectivity index (χ2v) is 5.68. The highest BCUT2D eigenvalue weighted by molar-refractivity contribution is 5.46. The van der Waals surface area contributed by atoms with Gasteiger partial charge in [0.15, 0.2) is 0 Å². The highest BCUT2D eigenvalue weighted by Crippen LogP contribution is 2.35. The molecule has 1 fully saturated rings. The van der Waals surface area contributed by atoms with Crippen LogP contribution in [0.3, 0.4) is 0 Å². The zero-order chi connectivity index (χ0) is 13.7. The first kappa shape index (κ1) is 14.3. The minimum atomic E-state index is 0.131. The Morgan fingerprint density at radius 1 is 1.21 bits per heavy atom. The molecule has 4 nitrogen and oxygen atoms in total. The fourth-order valence-electron chi connectivity index (χ4n) is 3.27. The fraction of sp³-hybridized carbons (Fsp3) is 0.667. The number of rotatable bonds is 3. The molecule has 0 bridgehead atoms. The average molecular weight is 262 g/mol. The third-order valence-corrected chi connectivity index (χ3v) is 4.35. The predicted molar refractivity (Wildman–Crippen MR) is 79.3 cm³/mol. The Morgan fingerprint density at radius 3 is 2.42 bits per heavy atom. The van der Waals surface area contributed by atoms with Gasteiger partial charge >= 0.3 is 0 Å². The molecule has 0 aromatic carbocycles. The monoisotopic (exact) mass is 262 g/mol. The lowest BCUT2D eigenvalue weighted by Crippen LogP contribution is -2.35. The van der Waals surface area contributed by atoms with Crippen LogP contribution in [0.2, 0.25) is 0 Å². The van der Waals surface area contributed by atoms with Gasteiger partial charge in [-0.15, -0.1) is 0 Å². The smallest absolute Gasteiger partial charge is 0.128 e. The van der Waals surface area contributed by atoms with Crippen molar-refractivity contribution < 1.29 is 0 Å². The molecule has 0 amide bonds.